The third kappa shape index (κ3) is 4.08. The Hall–Kier alpha value is -3.33. The maximum atomic E-state index is 15.3. The van der Waals surface area contributed by atoms with Crippen molar-refractivity contribution in [2.45, 2.75) is 37.8 Å². The van der Waals surface area contributed by atoms with Crippen LogP contribution in [0.1, 0.15) is 53.6 Å². The number of alkyl halides is 2. The number of piperidine rings is 1. The molecule has 166 valence electrons. The summed E-state index contributed by atoms with van der Waals surface area (Å²) in [5.74, 6) is -10.6. The lowest BCUT2D eigenvalue weighted by molar-refractivity contribution is -0.147. The monoisotopic (exact) mass is 472 g/mol. The molecule has 32 heavy (non-hydrogen) atoms. The van der Waals surface area contributed by atoms with Crippen LogP contribution in [0.25, 0.3) is 0 Å². The first-order valence-corrected chi connectivity index (χ1v) is 9.29. The average molecular weight is 473 g/mol. The summed E-state index contributed by atoms with van der Waals surface area (Å²) in [6, 6.07) is -10.1. The van der Waals surface area contributed by atoms with E-state index in [-0.39, 0.29) is 12.8 Å². The Morgan fingerprint density at radius 1 is 1.31 bits per heavy atom. The van der Waals surface area contributed by atoms with Crippen molar-refractivity contribution in [3.63, 3.8) is 0 Å². The maximum absolute atomic E-state index is 15.3. The van der Waals surface area contributed by atoms with Gasteiger partial charge in [-0.2, -0.15) is 8.78 Å². The molecule has 0 aliphatic carbocycles. The van der Waals surface area contributed by atoms with Crippen LogP contribution in [-0.4, -0.2) is 34.6 Å². The van der Waals surface area contributed by atoms with E-state index in [9.17, 15) is 19.2 Å². The standard InChI is InChI=1S/C22H18ClF2N3O4/c23-15-4-2-14(3-5-15)22(24,25)21(32)26-10-12-1-6-16-13(9-12)11-28(20(16)31)17-7-8-18(29)27-19(17)30/h1-6,9,17H,7-8,10-11H2,(H,26,32)(H,27,29,30)/i1D,2D,3D,4D,5D,6D,9D,10D,11D2/hD. The summed E-state index contributed by atoms with van der Waals surface area (Å²) in [5.41, 5.74) is -4.66. The van der Waals surface area contributed by atoms with Crippen LogP contribution in [-0.2, 0) is 33.3 Å². The quantitative estimate of drug-likeness (QED) is 0.654. The Morgan fingerprint density at radius 2 is 2.03 bits per heavy atom. The van der Waals surface area contributed by atoms with E-state index in [0.29, 0.717) is 4.90 Å². The molecule has 2 atom stereocenters. The van der Waals surface area contributed by atoms with Crippen molar-refractivity contribution in [3.05, 3.63) is 69.6 Å². The average Bonchev–Trinajstić information content (AvgIpc) is 3.13. The zero-order valence-electron chi connectivity index (χ0n) is 26.7. The Balaban J connectivity index is 1.80. The Labute approximate surface area is 202 Å². The van der Waals surface area contributed by atoms with E-state index < -0.39 is 123 Å². The zero-order valence-corrected chi connectivity index (χ0v) is 16.5. The smallest absolute Gasteiger partial charge is 0.346 e. The molecule has 0 radical (unpaired) electrons. The van der Waals surface area contributed by atoms with Gasteiger partial charge in [-0.25, -0.2) is 0 Å². The molecule has 0 spiro atoms. The summed E-state index contributed by atoms with van der Waals surface area (Å²) in [7, 11) is 0. The molecule has 2 aromatic carbocycles. The topological polar surface area (TPSA) is 95.6 Å². The highest BCUT2D eigenvalue weighted by Crippen LogP contribution is 2.30. The highest BCUT2D eigenvalue weighted by atomic mass is 35.5. The van der Waals surface area contributed by atoms with Gasteiger partial charge in [0.05, 0.1) is 13.7 Å². The number of imide groups is 1. The number of hydrogen-bond acceptors (Lipinski definition) is 4. The van der Waals surface area contributed by atoms with E-state index in [1.807, 2.05) is 5.32 Å². The largest absolute Gasteiger partial charge is 0.349 e. The van der Waals surface area contributed by atoms with E-state index in [1.54, 1.807) is 0 Å². The van der Waals surface area contributed by atoms with Gasteiger partial charge in [0.2, 0.25) is 11.8 Å². The molecule has 2 aromatic rings. The minimum absolute atomic E-state index is 0.279. The second kappa shape index (κ2) is 8.31. The molecular weight excluding hydrogens is 444 g/mol. The summed E-state index contributed by atoms with van der Waals surface area (Å²) in [5, 5.41) is 0.368. The van der Waals surface area contributed by atoms with Gasteiger partial charge in [-0.05, 0) is 35.7 Å². The van der Waals surface area contributed by atoms with E-state index in [2.05, 4.69) is 0 Å². The van der Waals surface area contributed by atoms with Crippen molar-refractivity contribution in [2.24, 2.45) is 0 Å². The molecule has 2 N–H and O–H groups in total. The molecule has 1 saturated heterocycles. The van der Waals surface area contributed by atoms with Crippen molar-refractivity contribution < 1.29 is 43.1 Å². The Kier molecular flexibility index (Phi) is 3.13. The zero-order chi connectivity index (χ0) is 32.7. The van der Waals surface area contributed by atoms with Crippen LogP contribution in [0.4, 0.5) is 8.78 Å². The first-order chi connectivity index (χ1) is 19.7. The highest BCUT2D eigenvalue weighted by Gasteiger charge is 2.41. The van der Waals surface area contributed by atoms with Gasteiger partial charge in [0.25, 0.3) is 11.8 Å². The fraction of sp³-hybridized carbons (Fsp3) is 0.273. The number of nitrogens with one attached hydrogen (secondary N) is 2. The van der Waals surface area contributed by atoms with Crippen LogP contribution >= 0.6 is 11.6 Å². The van der Waals surface area contributed by atoms with E-state index >= 15 is 8.78 Å². The predicted octanol–water partition coefficient (Wildman–Crippen LogP) is 2.51. The van der Waals surface area contributed by atoms with Crippen LogP contribution < -0.4 is 10.6 Å². The first kappa shape index (κ1) is 12.1. The van der Waals surface area contributed by atoms with Gasteiger partial charge in [0, 0.05) is 35.6 Å². The second-order valence-corrected chi connectivity index (χ2v) is 7.00. The fourth-order valence-corrected chi connectivity index (χ4v) is 3.03. The van der Waals surface area contributed by atoms with Crippen molar-refractivity contribution in [1.82, 2.24) is 15.5 Å². The SMILES string of the molecule is [2H]c1c([2H])c(C(F)(F)C(=O)N([2H])C([2H])c2c([2H])c([2H])c3c(c2[2H])C([2H])([2H])N(C2CCC(=O)NC2=O)C3=O)c([2H])c([2H])c1Cl. The van der Waals surface area contributed by atoms with Gasteiger partial charge < -0.3 is 10.2 Å². The summed E-state index contributed by atoms with van der Waals surface area (Å²) in [4.78, 5) is 50.4. The molecular formula is C22H18ClF2N3O4. The van der Waals surface area contributed by atoms with E-state index in [0.717, 1.165) is 0 Å². The van der Waals surface area contributed by atoms with Gasteiger partial charge in [0.1, 0.15) is 6.04 Å². The van der Waals surface area contributed by atoms with Crippen molar-refractivity contribution >= 4 is 35.2 Å². The Morgan fingerprint density at radius 3 is 2.72 bits per heavy atom. The number of fused-ring (bicyclic) bond motifs is 1. The third-order valence-electron chi connectivity index (χ3n) is 4.51. The maximum Gasteiger partial charge on any atom is 0.349 e. The fourth-order valence-electron chi connectivity index (χ4n) is 2.93. The third-order valence-corrected chi connectivity index (χ3v) is 4.70. The van der Waals surface area contributed by atoms with Crippen LogP contribution in [0.2, 0.25) is 6.43 Å². The number of carbonyl (C=O) groups is 4. The minimum Gasteiger partial charge on any atom is -0.346 e. The Bertz CT molecular complexity index is 1620. The van der Waals surface area contributed by atoms with Crippen LogP contribution in [0.3, 0.4) is 0 Å². The normalized spacial score (nSPS) is 25.8. The second-order valence-electron chi connectivity index (χ2n) is 6.62. The number of nitrogens with zero attached hydrogens (tertiary/aromatic N) is 1. The number of rotatable bonds is 5. The van der Waals surface area contributed by atoms with Crippen LogP contribution in [0, 0.1) is 0 Å². The number of carbonyl (C=O) groups excluding carboxylic acids is 4. The molecule has 2 unspecified atom stereocenters. The van der Waals surface area contributed by atoms with Gasteiger partial charge in [-0.3, -0.25) is 24.5 Å². The van der Waals surface area contributed by atoms with Crippen LogP contribution in [0.5, 0.6) is 0 Å². The molecule has 1 fully saturated rings. The summed E-state index contributed by atoms with van der Waals surface area (Å²) < 4.78 is 120. The van der Waals surface area contributed by atoms with E-state index in [1.165, 1.54) is 0 Å². The van der Waals surface area contributed by atoms with Crippen LogP contribution in [0.15, 0.2) is 42.3 Å². The highest BCUT2D eigenvalue weighted by molar-refractivity contribution is 6.30. The molecule has 2 heterocycles. The minimum atomic E-state index is -4.98. The van der Waals surface area contributed by atoms with Crippen molar-refractivity contribution in [1.29, 1.82) is 0 Å². The lowest BCUT2D eigenvalue weighted by Crippen LogP contribution is -2.52. The number of hydrogen-bond donors (Lipinski definition) is 2. The lowest BCUT2D eigenvalue weighted by atomic mass is 10.0. The van der Waals surface area contributed by atoms with Crippen molar-refractivity contribution in [3.8, 4) is 0 Å². The van der Waals surface area contributed by atoms with E-state index in [4.69, 9.17) is 26.7 Å². The van der Waals surface area contributed by atoms with Crippen molar-refractivity contribution in [2.75, 3.05) is 0 Å². The molecule has 10 heteroatoms. The lowest BCUT2D eigenvalue weighted by Gasteiger charge is -2.29. The summed E-state index contributed by atoms with van der Waals surface area (Å²) in [6.45, 7) is -5.80. The molecule has 0 aromatic heterocycles. The summed E-state index contributed by atoms with van der Waals surface area (Å²) in [6.07, 6.45) is -0.601. The summed E-state index contributed by atoms with van der Waals surface area (Å²) >= 11 is 5.61. The molecule has 0 saturated carbocycles. The number of halogens is 3. The van der Waals surface area contributed by atoms with Gasteiger partial charge in [-0.15, -0.1) is 0 Å². The molecule has 4 amide bonds. The molecule has 2 aliphatic heterocycles. The molecule has 7 nitrogen and oxygen atoms in total. The van der Waals surface area contributed by atoms with Gasteiger partial charge >= 0.3 is 5.92 Å². The molecule has 2 aliphatic rings. The molecule has 0 bridgehead atoms. The van der Waals surface area contributed by atoms with Gasteiger partial charge in [-0.1, -0.05) is 35.8 Å². The first-order valence-electron chi connectivity index (χ1n) is 14.4. The van der Waals surface area contributed by atoms with Gasteiger partial charge in [0.15, 0.2) is 1.41 Å². The number of amides is 4. The molecule has 4 rings (SSSR count). The number of benzene rings is 2. The predicted molar refractivity (Wildman–Crippen MR) is 110 cm³/mol.